The molecule has 1 heterocycles. The van der Waals surface area contributed by atoms with Gasteiger partial charge in [0.05, 0.1) is 0 Å². The molecule has 0 saturated carbocycles. The average molecular weight is 319 g/mol. The van der Waals surface area contributed by atoms with E-state index in [0.29, 0.717) is 4.21 Å². The van der Waals surface area contributed by atoms with Crippen molar-refractivity contribution < 1.29 is 8.42 Å². The highest BCUT2D eigenvalue weighted by Gasteiger charge is 2.20. The van der Waals surface area contributed by atoms with Gasteiger partial charge in [0.1, 0.15) is 4.21 Å². The molecule has 1 aromatic heterocycles. The summed E-state index contributed by atoms with van der Waals surface area (Å²) in [7, 11) is -3.37. The number of aryl methyl sites for hydroxylation is 1. The molecule has 0 amide bonds. The number of nitrogens with one attached hydrogen (secondary N) is 2. The lowest BCUT2D eigenvalue weighted by Gasteiger charge is -2.11. The van der Waals surface area contributed by atoms with Gasteiger partial charge in [-0.25, -0.2) is 13.1 Å². The highest BCUT2D eigenvalue weighted by atomic mass is 32.2. The van der Waals surface area contributed by atoms with Gasteiger partial charge >= 0.3 is 0 Å². The van der Waals surface area contributed by atoms with Crippen LogP contribution in [0.25, 0.3) is 0 Å². The van der Waals surface area contributed by atoms with Crippen LogP contribution in [0.5, 0.6) is 0 Å². The van der Waals surface area contributed by atoms with Crippen molar-refractivity contribution in [2.45, 2.75) is 63.8 Å². The molecular weight excluding hydrogens is 292 g/mol. The quantitative estimate of drug-likeness (QED) is 0.688. The van der Waals surface area contributed by atoms with Crippen molar-refractivity contribution in [2.75, 3.05) is 6.54 Å². The fraction of sp³-hybridized carbons (Fsp3) is 0.714. The fourth-order valence-corrected chi connectivity index (χ4v) is 4.84. The zero-order valence-corrected chi connectivity index (χ0v) is 14.5. The standard InChI is InChI=1S/C14H26N2O2S2/c1-5-7-12(4)16-20(17,18)14-9-11(3)13(19-14)10-15-8-6-2/h9,12,15-16H,5-8,10H2,1-4H3. The summed E-state index contributed by atoms with van der Waals surface area (Å²) in [5.41, 5.74) is 1.04. The molecule has 1 aromatic rings. The lowest BCUT2D eigenvalue weighted by Crippen LogP contribution is -2.31. The maximum atomic E-state index is 12.3. The number of rotatable bonds is 9. The molecule has 0 aromatic carbocycles. The summed E-state index contributed by atoms with van der Waals surface area (Å²) >= 11 is 1.36. The van der Waals surface area contributed by atoms with Gasteiger partial charge < -0.3 is 5.32 Å². The van der Waals surface area contributed by atoms with E-state index in [1.54, 1.807) is 6.07 Å². The number of thiophene rings is 1. The third-order valence-corrected chi connectivity index (χ3v) is 6.35. The summed E-state index contributed by atoms with van der Waals surface area (Å²) in [6.07, 6.45) is 2.90. The van der Waals surface area contributed by atoms with Gasteiger partial charge in [-0.05, 0) is 44.9 Å². The minimum atomic E-state index is -3.37. The fourth-order valence-electron chi connectivity index (χ4n) is 1.99. The molecule has 0 aliphatic heterocycles. The Kier molecular flexibility index (Phi) is 7.15. The highest BCUT2D eigenvalue weighted by molar-refractivity contribution is 7.91. The second-order valence-electron chi connectivity index (χ2n) is 5.16. The molecule has 0 aliphatic rings. The zero-order chi connectivity index (χ0) is 15.2. The number of hydrogen-bond donors (Lipinski definition) is 2. The highest BCUT2D eigenvalue weighted by Crippen LogP contribution is 2.26. The minimum absolute atomic E-state index is 0.0194. The van der Waals surface area contributed by atoms with Crippen LogP contribution in [0, 0.1) is 6.92 Å². The first-order valence-corrected chi connectivity index (χ1v) is 9.53. The lowest BCUT2D eigenvalue weighted by atomic mass is 10.2. The normalized spacial score (nSPS) is 13.6. The van der Waals surface area contributed by atoms with Crippen molar-refractivity contribution in [1.82, 2.24) is 10.0 Å². The Morgan fingerprint density at radius 1 is 1.30 bits per heavy atom. The van der Waals surface area contributed by atoms with Gasteiger partial charge in [0.2, 0.25) is 10.0 Å². The first kappa shape index (κ1) is 17.6. The Bertz CT molecular complexity index is 509. The largest absolute Gasteiger partial charge is 0.312 e. The molecule has 116 valence electrons. The van der Waals surface area contributed by atoms with Crippen molar-refractivity contribution in [2.24, 2.45) is 0 Å². The van der Waals surface area contributed by atoms with Crippen LogP contribution in [0.3, 0.4) is 0 Å². The molecule has 1 unspecified atom stereocenters. The molecule has 0 saturated heterocycles. The predicted molar refractivity (Wildman–Crippen MR) is 85.7 cm³/mol. The van der Waals surface area contributed by atoms with Gasteiger partial charge in [-0.2, -0.15) is 0 Å². The first-order valence-electron chi connectivity index (χ1n) is 7.23. The Morgan fingerprint density at radius 3 is 2.60 bits per heavy atom. The Morgan fingerprint density at radius 2 is 2.00 bits per heavy atom. The summed E-state index contributed by atoms with van der Waals surface area (Å²) in [4.78, 5) is 1.10. The minimum Gasteiger partial charge on any atom is -0.312 e. The molecule has 6 heteroatoms. The van der Waals surface area contributed by atoms with Crippen LogP contribution in [0.15, 0.2) is 10.3 Å². The van der Waals surface area contributed by atoms with Crippen LogP contribution in [-0.2, 0) is 16.6 Å². The van der Waals surface area contributed by atoms with Crippen molar-refractivity contribution >= 4 is 21.4 Å². The van der Waals surface area contributed by atoms with Gasteiger partial charge in [0, 0.05) is 17.5 Å². The lowest BCUT2D eigenvalue weighted by molar-refractivity contribution is 0.545. The smallest absolute Gasteiger partial charge is 0.250 e. The third kappa shape index (κ3) is 5.16. The zero-order valence-electron chi connectivity index (χ0n) is 12.8. The van der Waals surface area contributed by atoms with Crippen molar-refractivity contribution in [3.05, 3.63) is 16.5 Å². The first-order chi connectivity index (χ1) is 9.40. The van der Waals surface area contributed by atoms with Crippen molar-refractivity contribution in [1.29, 1.82) is 0 Å². The van der Waals surface area contributed by atoms with E-state index in [1.165, 1.54) is 11.3 Å². The summed E-state index contributed by atoms with van der Waals surface area (Å²) in [6, 6.07) is 1.75. The Balaban J connectivity index is 2.78. The number of hydrogen-bond acceptors (Lipinski definition) is 4. The molecule has 2 N–H and O–H groups in total. The van der Waals surface area contributed by atoms with Gasteiger partial charge in [-0.15, -0.1) is 11.3 Å². The molecule has 20 heavy (non-hydrogen) atoms. The summed E-state index contributed by atoms with van der Waals surface area (Å²) in [5.74, 6) is 0. The van der Waals surface area contributed by atoms with Crippen LogP contribution in [0.4, 0.5) is 0 Å². The molecule has 1 atom stereocenters. The molecular formula is C14H26N2O2S2. The van der Waals surface area contributed by atoms with E-state index in [2.05, 4.69) is 23.9 Å². The Hall–Kier alpha value is -0.430. The van der Waals surface area contributed by atoms with Crippen LogP contribution >= 0.6 is 11.3 Å². The molecule has 0 bridgehead atoms. The molecule has 4 nitrogen and oxygen atoms in total. The van der Waals surface area contributed by atoms with E-state index in [9.17, 15) is 8.42 Å². The molecule has 0 spiro atoms. The second kappa shape index (κ2) is 8.12. The average Bonchev–Trinajstić information content (AvgIpc) is 2.72. The maximum Gasteiger partial charge on any atom is 0.250 e. The van der Waals surface area contributed by atoms with Crippen LogP contribution in [-0.4, -0.2) is 21.0 Å². The predicted octanol–water partition coefficient (Wildman–Crippen LogP) is 3.02. The Labute approximate surface area is 127 Å². The van der Waals surface area contributed by atoms with Gasteiger partial charge in [-0.1, -0.05) is 20.3 Å². The van der Waals surface area contributed by atoms with E-state index in [1.807, 2.05) is 13.8 Å². The van der Waals surface area contributed by atoms with Crippen LogP contribution in [0.2, 0.25) is 0 Å². The van der Waals surface area contributed by atoms with E-state index < -0.39 is 10.0 Å². The maximum absolute atomic E-state index is 12.3. The summed E-state index contributed by atoms with van der Waals surface area (Å²) in [5, 5.41) is 3.31. The molecule has 0 fully saturated rings. The van der Waals surface area contributed by atoms with Crippen molar-refractivity contribution in [3.63, 3.8) is 0 Å². The third-order valence-electron chi connectivity index (χ3n) is 3.05. The van der Waals surface area contributed by atoms with E-state index >= 15 is 0 Å². The molecule has 0 aliphatic carbocycles. The molecule has 0 radical (unpaired) electrons. The van der Waals surface area contributed by atoms with Crippen LogP contribution in [0.1, 0.15) is 50.5 Å². The summed E-state index contributed by atoms with van der Waals surface area (Å²) in [6.45, 7) is 9.73. The topological polar surface area (TPSA) is 58.2 Å². The second-order valence-corrected chi connectivity index (χ2v) is 8.24. The van der Waals surface area contributed by atoms with E-state index in [-0.39, 0.29) is 6.04 Å². The SMILES string of the molecule is CCCNCc1sc(S(=O)(=O)NC(C)CCC)cc1C. The molecule has 1 rings (SSSR count). The van der Waals surface area contributed by atoms with E-state index in [0.717, 1.165) is 42.8 Å². The van der Waals surface area contributed by atoms with E-state index in [4.69, 9.17) is 0 Å². The monoisotopic (exact) mass is 318 g/mol. The van der Waals surface area contributed by atoms with Crippen LogP contribution < -0.4 is 10.0 Å². The van der Waals surface area contributed by atoms with Gasteiger partial charge in [-0.3, -0.25) is 0 Å². The summed E-state index contributed by atoms with van der Waals surface area (Å²) < 4.78 is 27.7. The number of sulfonamides is 1. The van der Waals surface area contributed by atoms with Gasteiger partial charge in [0.25, 0.3) is 0 Å². The van der Waals surface area contributed by atoms with Crippen molar-refractivity contribution in [3.8, 4) is 0 Å². The van der Waals surface area contributed by atoms with Gasteiger partial charge in [0.15, 0.2) is 0 Å².